The third-order valence-electron chi connectivity index (χ3n) is 4.23. The topological polar surface area (TPSA) is 89.0 Å². The second kappa shape index (κ2) is 7.90. The lowest BCUT2D eigenvalue weighted by Crippen LogP contribution is -2.47. The van der Waals surface area contributed by atoms with E-state index in [2.05, 4.69) is 15.6 Å². The van der Waals surface area contributed by atoms with Crippen LogP contribution in [0.4, 0.5) is 0 Å². The number of rotatable bonds is 4. The van der Waals surface area contributed by atoms with Crippen LogP contribution in [0.5, 0.6) is 11.5 Å². The fraction of sp³-hybridized carbons (Fsp3) is 0.250. The zero-order valence-electron chi connectivity index (χ0n) is 15.4. The number of hydrogen-bond donors (Lipinski definition) is 2. The normalized spacial score (nSPS) is 16.2. The van der Waals surface area contributed by atoms with Gasteiger partial charge in [-0.2, -0.15) is 0 Å². The number of nitrogens with one attached hydrogen (secondary N) is 2. The van der Waals surface area contributed by atoms with Crippen molar-refractivity contribution >= 4 is 17.8 Å². The molecule has 0 bridgehead atoms. The van der Waals surface area contributed by atoms with Gasteiger partial charge in [-0.05, 0) is 24.6 Å². The molecule has 0 fully saturated rings. The van der Waals surface area contributed by atoms with Crippen LogP contribution in [0.1, 0.15) is 33.9 Å². The van der Waals surface area contributed by atoms with Crippen LogP contribution in [0.3, 0.4) is 0 Å². The average molecular weight is 367 g/mol. The molecule has 27 heavy (non-hydrogen) atoms. The first-order valence-corrected chi connectivity index (χ1v) is 8.47. The van der Waals surface area contributed by atoms with Crippen LogP contribution in [-0.4, -0.2) is 32.0 Å². The van der Waals surface area contributed by atoms with Gasteiger partial charge in [0.25, 0.3) is 5.91 Å². The SMILES string of the molecule is COc1cc(OC)cc(C(=O)NC2=N[C@@H](c3ccc(C)cc3)CC(=O)N2)c1. The van der Waals surface area contributed by atoms with Gasteiger partial charge in [0, 0.05) is 11.6 Å². The summed E-state index contributed by atoms with van der Waals surface area (Å²) < 4.78 is 10.4. The van der Waals surface area contributed by atoms with Crippen molar-refractivity contribution in [2.24, 2.45) is 4.99 Å². The van der Waals surface area contributed by atoms with E-state index in [4.69, 9.17) is 9.47 Å². The number of aliphatic imine (C=N–C) groups is 1. The molecule has 0 aromatic heterocycles. The maximum Gasteiger partial charge on any atom is 0.258 e. The van der Waals surface area contributed by atoms with Crippen LogP contribution in [0, 0.1) is 6.92 Å². The van der Waals surface area contributed by atoms with Crippen molar-refractivity contribution < 1.29 is 19.1 Å². The third kappa shape index (κ3) is 4.44. The number of ether oxygens (including phenoxy) is 2. The van der Waals surface area contributed by atoms with Crippen LogP contribution in [0.2, 0.25) is 0 Å². The van der Waals surface area contributed by atoms with Gasteiger partial charge in [-0.15, -0.1) is 0 Å². The molecule has 7 nitrogen and oxygen atoms in total. The van der Waals surface area contributed by atoms with E-state index in [1.807, 2.05) is 31.2 Å². The van der Waals surface area contributed by atoms with Crippen LogP contribution in [0.15, 0.2) is 47.5 Å². The molecule has 0 aliphatic carbocycles. The predicted molar refractivity (Wildman–Crippen MR) is 101 cm³/mol. The van der Waals surface area contributed by atoms with Crippen molar-refractivity contribution in [1.29, 1.82) is 0 Å². The lowest BCUT2D eigenvalue weighted by Gasteiger charge is -2.21. The molecule has 2 aromatic carbocycles. The largest absolute Gasteiger partial charge is 0.497 e. The number of hydrogen-bond acceptors (Lipinski definition) is 5. The summed E-state index contributed by atoms with van der Waals surface area (Å²) >= 11 is 0. The Hall–Kier alpha value is -3.35. The van der Waals surface area contributed by atoms with Crippen molar-refractivity contribution in [3.05, 3.63) is 59.2 Å². The second-order valence-corrected chi connectivity index (χ2v) is 6.21. The molecule has 3 rings (SSSR count). The predicted octanol–water partition coefficient (Wildman–Crippen LogP) is 2.36. The monoisotopic (exact) mass is 367 g/mol. The van der Waals surface area contributed by atoms with E-state index in [1.54, 1.807) is 18.2 Å². The molecule has 2 amide bonds. The smallest absolute Gasteiger partial charge is 0.258 e. The Kier molecular flexibility index (Phi) is 5.40. The summed E-state index contributed by atoms with van der Waals surface area (Å²) in [7, 11) is 3.02. The van der Waals surface area contributed by atoms with Gasteiger partial charge in [0.15, 0.2) is 0 Å². The zero-order chi connectivity index (χ0) is 19.4. The minimum Gasteiger partial charge on any atom is -0.497 e. The van der Waals surface area contributed by atoms with Gasteiger partial charge >= 0.3 is 0 Å². The van der Waals surface area contributed by atoms with E-state index in [1.165, 1.54) is 14.2 Å². The van der Waals surface area contributed by atoms with Crippen LogP contribution >= 0.6 is 0 Å². The molecule has 2 N–H and O–H groups in total. The van der Waals surface area contributed by atoms with Crippen LogP contribution in [-0.2, 0) is 4.79 Å². The number of guanidine groups is 1. The first-order valence-electron chi connectivity index (χ1n) is 8.47. The summed E-state index contributed by atoms with van der Waals surface area (Å²) in [5, 5.41) is 5.25. The fourth-order valence-electron chi connectivity index (χ4n) is 2.76. The molecule has 0 saturated heterocycles. The van der Waals surface area contributed by atoms with E-state index in [-0.39, 0.29) is 24.3 Å². The van der Waals surface area contributed by atoms with Gasteiger partial charge in [0.05, 0.1) is 26.7 Å². The summed E-state index contributed by atoms with van der Waals surface area (Å²) in [6.07, 6.45) is 0.232. The van der Waals surface area contributed by atoms with E-state index in [0.29, 0.717) is 17.1 Å². The van der Waals surface area contributed by atoms with Gasteiger partial charge < -0.3 is 9.47 Å². The van der Waals surface area contributed by atoms with Crippen molar-refractivity contribution in [3.63, 3.8) is 0 Å². The molecule has 1 atom stereocenters. The maximum atomic E-state index is 12.6. The molecular weight excluding hydrogens is 346 g/mol. The second-order valence-electron chi connectivity index (χ2n) is 6.21. The summed E-state index contributed by atoms with van der Waals surface area (Å²) in [4.78, 5) is 29.1. The quantitative estimate of drug-likeness (QED) is 0.868. The number of aryl methyl sites for hydroxylation is 1. The van der Waals surface area contributed by atoms with Crippen molar-refractivity contribution in [3.8, 4) is 11.5 Å². The highest BCUT2D eigenvalue weighted by molar-refractivity contribution is 6.10. The summed E-state index contributed by atoms with van der Waals surface area (Å²) in [5.41, 5.74) is 2.38. The first kappa shape index (κ1) is 18.4. The molecule has 2 aromatic rings. The van der Waals surface area contributed by atoms with Crippen molar-refractivity contribution in [2.45, 2.75) is 19.4 Å². The number of methoxy groups -OCH3 is 2. The number of carbonyl (C=O) groups is 2. The number of amides is 2. The Balaban J connectivity index is 1.82. The van der Waals surface area contributed by atoms with E-state index in [9.17, 15) is 9.59 Å². The van der Waals surface area contributed by atoms with Gasteiger partial charge in [-0.25, -0.2) is 4.99 Å². The first-order chi connectivity index (χ1) is 13.0. The van der Waals surface area contributed by atoms with E-state index >= 15 is 0 Å². The molecule has 0 unspecified atom stereocenters. The summed E-state index contributed by atoms with van der Waals surface area (Å²) in [6, 6.07) is 12.3. The van der Waals surface area contributed by atoms with Gasteiger partial charge in [-0.3, -0.25) is 20.2 Å². The minimum atomic E-state index is -0.421. The number of carbonyl (C=O) groups excluding carboxylic acids is 2. The Morgan fingerprint density at radius 2 is 1.74 bits per heavy atom. The van der Waals surface area contributed by atoms with Gasteiger partial charge in [-0.1, -0.05) is 29.8 Å². The molecule has 1 heterocycles. The Labute approximate surface area is 157 Å². The Morgan fingerprint density at radius 1 is 1.11 bits per heavy atom. The average Bonchev–Trinajstić information content (AvgIpc) is 2.67. The van der Waals surface area contributed by atoms with Crippen LogP contribution in [0.25, 0.3) is 0 Å². The highest BCUT2D eigenvalue weighted by atomic mass is 16.5. The highest BCUT2D eigenvalue weighted by Gasteiger charge is 2.24. The molecule has 0 spiro atoms. The molecule has 0 saturated carbocycles. The summed E-state index contributed by atoms with van der Waals surface area (Å²) in [5.74, 6) is 0.492. The standard InChI is InChI=1S/C20H21N3O4/c1-12-4-6-13(7-5-12)17-11-18(24)22-20(21-17)23-19(25)14-8-15(26-2)10-16(9-14)27-3/h4-10,17H,11H2,1-3H3,(H2,21,22,23,24,25)/t17-/m1/s1. The van der Waals surface area contributed by atoms with Gasteiger partial charge in [0.2, 0.25) is 11.9 Å². The Morgan fingerprint density at radius 3 is 2.33 bits per heavy atom. The maximum absolute atomic E-state index is 12.6. The van der Waals surface area contributed by atoms with Crippen molar-refractivity contribution in [1.82, 2.24) is 10.6 Å². The number of benzene rings is 2. The van der Waals surface area contributed by atoms with Gasteiger partial charge in [0.1, 0.15) is 11.5 Å². The Bertz CT molecular complexity index is 868. The molecule has 140 valence electrons. The zero-order valence-corrected chi connectivity index (χ0v) is 15.4. The molecule has 7 heteroatoms. The highest BCUT2D eigenvalue weighted by Crippen LogP contribution is 2.25. The van der Waals surface area contributed by atoms with Crippen molar-refractivity contribution in [2.75, 3.05) is 14.2 Å². The third-order valence-corrected chi connectivity index (χ3v) is 4.23. The van der Waals surface area contributed by atoms with E-state index < -0.39 is 5.91 Å². The lowest BCUT2D eigenvalue weighted by molar-refractivity contribution is -0.120. The lowest BCUT2D eigenvalue weighted by atomic mass is 10.0. The number of nitrogens with zero attached hydrogens (tertiary/aromatic N) is 1. The molecule has 0 radical (unpaired) electrons. The van der Waals surface area contributed by atoms with Crippen LogP contribution < -0.4 is 20.1 Å². The molecule has 1 aliphatic heterocycles. The van der Waals surface area contributed by atoms with E-state index in [0.717, 1.165) is 11.1 Å². The molecular formula is C20H21N3O4. The summed E-state index contributed by atoms with van der Waals surface area (Å²) in [6.45, 7) is 1.99. The molecule has 1 aliphatic rings. The fourth-order valence-corrected chi connectivity index (χ4v) is 2.76. The minimum absolute atomic E-state index is 0.128.